The number of carbonyl (C=O) groups is 1. The maximum Gasteiger partial charge on any atom is 0.416 e. The van der Waals surface area contributed by atoms with E-state index in [2.05, 4.69) is 15.3 Å². The Bertz CT molecular complexity index is 1390. The molecule has 1 saturated carbocycles. The third-order valence-electron chi connectivity index (χ3n) is 6.07. The van der Waals surface area contributed by atoms with Crippen LogP contribution in [0.15, 0.2) is 38.9 Å². The molecule has 2 heterocycles. The maximum absolute atomic E-state index is 13.0. The van der Waals surface area contributed by atoms with E-state index in [1.165, 1.54) is 30.8 Å². The normalized spacial score (nSPS) is 14.9. The van der Waals surface area contributed by atoms with Gasteiger partial charge in [-0.05, 0) is 31.0 Å². The lowest BCUT2D eigenvalue weighted by Gasteiger charge is -2.21. The van der Waals surface area contributed by atoms with Crippen LogP contribution in [0.25, 0.3) is 11.0 Å². The second-order valence-electron chi connectivity index (χ2n) is 8.54. The molecule has 2 aromatic heterocycles. The summed E-state index contributed by atoms with van der Waals surface area (Å²) in [6, 6.07) is 4.36. The third-order valence-corrected chi connectivity index (χ3v) is 7.04. The van der Waals surface area contributed by atoms with E-state index in [4.69, 9.17) is 0 Å². The summed E-state index contributed by atoms with van der Waals surface area (Å²) < 4.78 is 41.1. The van der Waals surface area contributed by atoms with E-state index in [0.29, 0.717) is 5.82 Å². The van der Waals surface area contributed by atoms with Gasteiger partial charge in [0, 0.05) is 25.7 Å². The van der Waals surface area contributed by atoms with Crippen molar-refractivity contribution in [3.05, 3.63) is 56.5 Å². The lowest BCUT2D eigenvalue weighted by Crippen LogP contribution is -2.38. The van der Waals surface area contributed by atoms with Crippen molar-refractivity contribution in [1.29, 1.82) is 0 Å². The van der Waals surface area contributed by atoms with Crippen LogP contribution in [0.5, 0.6) is 0 Å². The SMILES string of the molecule is Cn1c(=O)c2c(SCC(=O)Nc3cccc(C(F)(F)F)c3)nc(C3CCCCC3)nc2n(C)c1=O. The van der Waals surface area contributed by atoms with Gasteiger partial charge < -0.3 is 5.32 Å². The van der Waals surface area contributed by atoms with Crippen LogP contribution < -0.4 is 16.6 Å². The zero-order chi connectivity index (χ0) is 25.3. The van der Waals surface area contributed by atoms with E-state index in [0.717, 1.165) is 60.6 Å². The second kappa shape index (κ2) is 9.84. The lowest BCUT2D eigenvalue weighted by molar-refractivity contribution is -0.137. The fraction of sp³-hybridized carbons (Fsp3) is 0.435. The molecule has 0 unspecified atom stereocenters. The van der Waals surface area contributed by atoms with Crippen LogP contribution in [-0.4, -0.2) is 30.8 Å². The summed E-state index contributed by atoms with van der Waals surface area (Å²) in [5, 5.41) is 2.86. The summed E-state index contributed by atoms with van der Waals surface area (Å²) in [6.07, 6.45) is 0.447. The zero-order valence-electron chi connectivity index (χ0n) is 19.2. The minimum absolute atomic E-state index is 0.0131. The molecular formula is C23H24F3N5O3S. The number of amides is 1. The van der Waals surface area contributed by atoms with Crippen molar-refractivity contribution in [2.24, 2.45) is 14.1 Å². The average molecular weight is 508 g/mol. The number of rotatable bonds is 5. The van der Waals surface area contributed by atoms with Gasteiger partial charge in [-0.1, -0.05) is 37.1 Å². The van der Waals surface area contributed by atoms with Crippen molar-refractivity contribution in [2.45, 2.75) is 49.2 Å². The highest BCUT2D eigenvalue weighted by Gasteiger charge is 2.30. The van der Waals surface area contributed by atoms with Gasteiger partial charge in [0.15, 0.2) is 5.65 Å². The van der Waals surface area contributed by atoms with E-state index in [9.17, 15) is 27.6 Å². The molecule has 0 saturated heterocycles. The van der Waals surface area contributed by atoms with E-state index in [1.54, 1.807) is 0 Å². The van der Waals surface area contributed by atoms with Crippen LogP contribution in [-0.2, 0) is 25.1 Å². The largest absolute Gasteiger partial charge is 0.416 e. The number of fused-ring (bicyclic) bond motifs is 1. The van der Waals surface area contributed by atoms with Gasteiger partial charge in [0.25, 0.3) is 5.56 Å². The number of alkyl halides is 3. The second-order valence-corrected chi connectivity index (χ2v) is 9.51. The highest BCUT2D eigenvalue weighted by molar-refractivity contribution is 8.00. The van der Waals surface area contributed by atoms with Gasteiger partial charge in [0.1, 0.15) is 16.2 Å². The Morgan fingerprint density at radius 3 is 2.51 bits per heavy atom. The minimum atomic E-state index is -4.53. The van der Waals surface area contributed by atoms with Gasteiger partial charge in [-0.25, -0.2) is 14.8 Å². The van der Waals surface area contributed by atoms with Crippen molar-refractivity contribution >= 4 is 34.4 Å². The minimum Gasteiger partial charge on any atom is -0.325 e. The Kier molecular flexibility index (Phi) is 7.02. The van der Waals surface area contributed by atoms with Crippen molar-refractivity contribution in [3.63, 3.8) is 0 Å². The quantitative estimate of drug-likeness (QED) is 0.416. The number of benzene rings is 1. The smallest absolute Gasteiger partial charge is 0.325 e. The summed E-state index contributed by atoms with van der Waals surface area (Å²) in [5.41, 5.74) is -1.74. The highest BCUT2D eigenvalue weighted by Crippen LogP contribution is 2.33. The van der Waals surface area contributed by atoms with E-state index in [-0.39, 0.29) is 33.4 Å². The Morgan fingerprint density at radius 2 is 1.83 bits per heavy atom. The lowest BCUT2D eigenvalue weighted by atomic mass is 9.89. The van der Waals surface area contributed by atoms with Crippen molar-refractivity contribution < 1.29 is 18.0 Å². The number of hydrogen-bond donors (Lipinski definition) is 1. The van der Waals surface area contributed by atoms with Crippen LogP contribution in [0.3, 0.4) is 0 Å². The number of aromatic nitrogens is 4. The molecule has 4 rings (SSSR count). The number of thioether (sulfide) groups is 1. The molecule has 1 aliphatic carbocycles. The number of aryl methyl sites for hydroxylation is 1. The Labute approximate surface area is 202 Å². The van der Waals surface area contributed by atoms with Gasteiger partial charge in [0.2, 0.25) is 5.91 Å². The molecule has 0 spiro atoms. The van der Waals surface area contributed by atoms with Gasteiger partial charge in [-0.15, -0.1) is 0 Å². The Morgan fingerprint density at radius 1 is 1.11 bits per heavy atom. The summed E-state index contributed by atoms with van der Waals surface area (Å²) >= 11 is 0.989. The first-order valence-corrected chi connectivity index (χ1v) is 12.1. The predicted molar refractivity (Wildman–Crippen MR) is 127 cm³/mol. The number of nitrogens with one attached hydrogen (secondary N) is 1. The average Bonchev–Trinajstić information content (AvgIpc) is 2.84. The maximum atomic E-state index is 13.0. The van der Waals surface area contributed by atoms with Crippen LogP contribution in [0, 0.1) is 0 Å². The zero-order valence-corrected chi connectivity index (χ0v) is 20.0. The summed E-state index contributed by atoms with van der Waals surface area (Å²) in [7, 11) is 2.88. The molecule has 0 aliphatic heterocycles. The first kappa shape index (κ1) is 25.0. The van der Waals surface area contributed by atoms with Gasteiger partial charge in [0.05, 0.1) is 11.3 Å². The molecule has 1 amide bonds. The van der Waals surface area contributed by atoms with Crippen LogP contribution in [0.2, 0.25) is 0 Å². The molecule has 1 N–H and O–H groups in total. The molecule has 0 bridgehead atoms. The summed E-state index contributed by atoms with van der Waals surface area (Å²) in [5.74, 6) is -0.132. The van der Waals surface area contributed by atoms with Crippen LogP contribution >= 0.6 is 11.8 Å². The van der Waals surface area contributed by atoms with E-state index < -0.39 is 28.9 Å². The van der Waals surface area contributed by atoms with E-state index in [1.807, 2.05) is 0 Å². The monoisotopic (exact) mass is 507 g/mol. The molecule has 186 valence electrons. The number of nitrogens with zero attached hydrogens (tertiary/aromatic N) is 4. The molecular weight excluding hydrogens is 483 g/mol. The van der Waals surface area contributed by atoms with Gasteiger partial charge in [-0.3, -0.25) is 18.7 Å². The first-order chi connectivity index (χ1) is 16.6. The Hall–Kier alpha value is -3.15. The summed E-state index contributed by atoms with van der Waals surface area (Å²) in [6.45, 7) is 0. The molecule has 35 heavy (non-hydrogen) atoms. The summed E-state index contributed by atoms with van der Waals surface area (Å²) in [4.78, 5) is 47.1. The number of hydrogen-bond acceptors (Lipinski definition) is 6. The third kappa shape index (κ3) is 5.26. The number of anilines is 1. The van der Waals surface area contributed by atoms with Crippen LogP contribution in [0.4, 0.5) is 18.9 Å². The molecule has 0 atom stereocenters. The van der Waals surface area contributed by atoms with Gasteiger partial charge >= 0.3 is 11.9 Å². The van der Waals surface area contributed by atoms with Crippen molar-refractivity contribution in [1.82, 2.24) is 19.1 Å². The van der Waals surface area contributed by atoms with Crippen molar-refractivity contribution in [3.8, 4) is 0 Å². The number of carbonyl (C=O) groups excluding carboxylic acids is 1. The fourth-order valence-electron chi connectivity index (χ4n) is 4.20. The molecule has 8 nitrogen and oxygen atoms in total. The standard InChI is InChI=1S/C23H24F3N5O3S/c1-30-19-17(21(33)31(2)22(30)34)20(29-18(28-19)13-7-4-3-5-8-13)35-12-16(32)27-15-10-6-9-14(11-15)23(24,25)26/h6,9-11,13H,3-5,7-8,12H2,1-2H3,(H,27,32). The van der Waals surface area contributed by atoms with Crippen molar-refractivity contribution in [2.75, 3.05) is 11.1 Å². The first-order valence-electron chi connectivity index (χ1n) is 11.1. The van der Waals surface area contributed by atoms with Crippen LogP contribution in [0.1, 0.15) is 49.4 Å². The highest BCUT2D eigenvalue weighted by atomic mass is 32.2. The molecule has 12 heteroatoms. The molecule has 3 aromatic rings. The molecule has 0 radical (unpaired) electrons. The predicted octanol–water partition coefficient (Wildman–Crippen LogP) is 3.82. The number of halogens is 3. The molecule has 1 fully saturated rings. The Balaban J connectivity index is 1.65. The molecule has 1 aromatic carbocycles. The fourth-order valence-corrected chi connectivity index (χ4v) is 5.02. The topological polar surface area (TPSA) is 98.9 Å². The van der Waals surface area contributed by atoms with Gasteiger partial charge in [-0.2, -0.15) is 13.2 Å². The molecule has 1 aliphatic rings. The van der Waals surface area contributed by atoms with E-state index >= 15 is 0 Å².